The Labute approximate surface area is 117 Å². The predicted molar refractivity (Wildman–Crippen MR) is 75.9 cm³/mol. The van der Waals surface area contributed by atoms with E-state index in [2.05, 4.69) is 33.8 Å². The van der Waals surface area contributed by atoms with Crippen molar-refractivity contribution >= 4 is 44.3 Å². The molecule has 102 valence electrons. The van der Waals surface area contributed by atoms with Crippen molar-refractivity contribution in [3.8, 4) is 0 Å². The van der Waals surface area contributed by atoms with Crippen LogP contribution >= 0.6 is 11.3 Å². The lowest BCUT2D eigenvalue weighted by atomic mass is 10.2. The topological polar surface area (TPSA) is 103 Å². The molecule has 0 spiro atoms. The molecule has 3 N–H and O–H groups in total. The molecule has 0 amide bonds. The van der Waals surface area contributed by atoms with E-state index >= 15 is 0 Å². The summed E-state index contributed by atoms with van der Waals surface area (Å²) in [4.78, 5) is 19.1. The Balaban J connectivity index is 0.000000163. The van der Waals surface area contributed by atoms with Gasteiger partial charge in [0.1, 0.15) is 0 Å². The van der Waals surface area contributed by atoms with Crippen LogP contribution in [0.5, 0.6) is 0 Å². The van der Waals surface area contributed by atoms with Crippen molar-refractivity contribution in [3.63, 3.8) is 0 Å². The summed E-state index contributed by atoms with van der Waals surface area (Å²) >= 11 is 1.76. The Morgan fingerprint density at radius 2 is 1.85 bits per heavy atom. The van der Waals surface area contributed by atoms with Gasteiger partial charge in [0, 0.05) is 22.2 Å². The fraction of sp³-hybridized carbons (Fsp3) is 0. The number of thiophene rings is 1. The lowest BCUT2D eigenvalue weighted by Crippen LogP contribution is -1.91. The van der Waals surface area contributed by atoms with Gasteiger partial charge >= 0.3 is 11.9 Å². The number of H-pyrrole nitrogens is 1. The monoisotopic (exact) mass is 290 g/mol. The van der Waals surface area contributed by atoms with Gasteiger partial charge in [0.15, 0.2) is 0 Å². The zero-order chi connectivity index (χ0) is 14.5. The van der Waals surface area contributed by atoms with E-state index in [9.17, 15) is 9.59 Å². The standard InChI is InChI=1S/C9H6N2S.C4H4O4/c1-2-8-7(5-10-11-8)9-6(1)3-4-12-9;5-3(6)1-2-4(7)8/h1-5H,(H,10,11);1-2H,(H,5,6)(H,7,8)/b;2-1-. The third kappa shape index (κ3) is 3.21. The molecule has 0 fully saturated rings. The predicted octanol–water partition coefficient (Wildman–Crippen LogP) is 2.49. The van der Waals surface area contributed by atoms with Crippen LogP contribution in [0.15, 0.2) is 41.9 Å². The molecule has 2 aromatic heterocycles. The number of hydrogen-bond donors (Lipinski definition) is 3. The summed E-state index contributed by atoms with van der Waals surface area (Å²) in [5.41, 5.74) is 1.12. The Kier molecular flexibility index (Phi) is 4.11. The smallest absolute Gasteiger partial charge is 0.328 e. The van der Waals surface area contributed by atoms with Crippen LogP contribution in [-0.4, -0.2) is 32.3 Å². The molecule has 0 saturated carbocycles. The molecule has 1 aromatic carbocycles. The van der Waals surface area contributed by atoms with Gasteiger partial charge < -0.3 is 10.2 Å². The van der Waals surface area contributed by atoms with Gasteiger partial charge in [-0.25, -0.2) is 9.59 Å². The number of nitrogens with one attached hydrogen (secondary N) is 1. The van der Waals surface area contributed by atoms with Crippen LogP contribution in [0.1, 0.15) is 0 Å². The summed E-state index contributed by atoms with van der Waals surface area (Å²) in [6, 6.07) is 6.32. The van der Waals surface area contributed by atoms with Gasteiger partial charge in [0.2, 0.25) is 0 Å². The van der Waals surface area contributed by atoms with Gasteiger partial charge in [-0.15, -0.1) is 11.3 Å². The largest absolute Gasteiger partial charge is 0.478 e. The highest BCUT2D eigenvalue weighted by atomic mass is 32.1. The molecular formula is C13H10N2O4S. The summed E-state index contributed by atoms with van der Waals surface area (Å²) in [7, 11) is 0. The van der Waals surface area contributed by atoms with E-state index in [1.54, 1.807) is 11.3 Å². The molecule has 20 heavy (non-hydrogen) atoms. The normalized spacial score (nSPS) is 10.6. The van der Waals surface area contributed by atoms with Crippen molar-refractivity contribution < 1.29 is 19.8 Å². The Morgan fingerprint density at radius 3 is 2.50 bits per heavy atom. The van der Waals surface area contributed by atoms with Crippen molar-refractivity contribution in [1.82, 2.24) is 10.2 Å². The molecule has 0 bridgehead atoms. The van der Waals surface area contributed by atoms with E-state index in [1.165, 1.54) is 15.5 Å². The van der Waals surface area contributed by atoms with Gasteiger partial charge in [-0.05, 0) is 22.9 Å². The molecule has 7 heteroatoms. The highest BCUT2D eigenvalue weighted by molar-refractivity contribution is 7.18. The van der Waals surface area contributed by atoms with Crippen LogP contribution in [0.25, 0.3) is 21.0 Å². The van der Waals surface area contributed by atoms with Crippen LogP contribution < -0.4 is 0 Å². The fourth-order valence-corrected chi connectivity index (χ4v) is 2.50. The quantitative estimate of drug-likeness (QED) is 0.629. The molecule has 0 radical (unpaired) electrons. The number of carboxylic acids is 2. The zero-order valence-corrected chi connectivity index (χ0v) is 10.9. The molecule has 0 aliphatic heterocycles. The Hall–Kier alpha value is -2.67. The van der Waals surface area contributed by atoms with E-state index in [1.807, 2.05) is 6.20 Å². The van der Waals surface area contributed by atoms with Crippen LogP contribution in [0, 0.1) is 0 Å². The van der Waals surface area contributed by atoms with Crippen molar-refractivity contribution in [2.75, 3.05) is 0 Å². The lowest BCUT2D eigenvalue weighted by Gasteiger charge is -1.89. The number of benzene rings is 1. The number of aliphatic carboxylic acids is 2. The summed E-state index contributed by atoms with van der Waals surface area (Å²) in [6.45, 7) is 0. The number of aromatic amines is 1. The van der Waals surface area contributed by atoms with Gasteiger partial charge in [0.25, 0.3) is 0 Å². The first-order chi connectivity index (χ1) is 9.58. The van der Waals surface area contributed by atoms with Crippen molar-refractivity contribution in [2.45, 2.75) is 0 Å². The van der Waals surface area contributed by atoms with Crippen molar-refractivity contribution in [2.24, 2.45) is 0 Å². The van der Waals surface area contributed by atoms with E-state index < -0.39 is 11.9 Å². The van der Waals surface area contributed by atoms with Gasteiger partial charge in [-0.1, -0.05) is 6.07 Å². The minimum absolute atomic E-state index is 0.558. The number of carboxylic acid groups (broad SMARTS) is 2. The summed E-state index contributed by atoms with van der Waals surface area (Å²) in [5, 5.41) is 27.2. The van der Waals surface area contributed by atoms with Crippen molar-refractivity contribution in [1.29, 1.82) is 0 Å². The van der Waals surface area contributed by atoms with Gasteiger partial charge in [0.05, 0.1) is 11.7 Å². The maximum absolute atomic E-state index is 9.55. The minimum Gasteiger partial charge on any atom is -0.478 e. The van der Waals surface area contributed by atoms with Crippen LogP contribution in [0.2, 0.25) is 0 Å². The highest BCUT2D eigenvalue weighted by Gasteiger charge is 2.01. The fourth-order valence-electron chi connectivity index (χ4n) is 1.59. The lowest BCUT2D eigenvalue weighted by molar-refractivity contribution is -0.134. The third-order valence-corrected chi connectivity index (χ3v) is 3.37. The molecule has 3 rings (SSSR count). The van der Waals surface area contributed by atoms with E-state index in [-0.39, 0.29) is 0 Å². The number of fused-ring (bicyclic) bond motifs is 3. The molecule has 6 nitrogen and oxygen atoms in total. The second-order valence-electron chi connectivity index (χ2n) is 3.75. The number of carbonyl (C=O) groups is 2. The number of hydrogen-bond acceptors (Lipinski definition) is 4. The van der Waals surface area contributed by atoms with Crippen molar-refractivity contribution in [3.05, 3.63) is 41.9 Å². The van der Waals surface area contributed by atoms with Crippen LogP contribution in [0.3, 0.4) is 0 Å². The zero-order valence-electron chi connectivity index (χ0n) is 10.1. The minimum atomic E-state index is -1.26. The second-order valence-corrected chi connectivity index (χ2v) is 4.66. The van der Waals surface area contributed by atoms with Gasteiger partial charge in [-0.2, -0.15) is 5.10 Å². The number of aromatic nitrogens is 2. The third-order valence-electron chi connectivity index (χ3n) is 2.41. The van der Waals surface area contributed by atoms with E-state index in [4.69, 9.17) is 10.2 Å². The average Bonchev–Trinajstić information content (AvgIpc) is 3.04. The molecule has 0 saturated heterocycles. The van der Waals surface area contributed by atoms with E-state index in [0.717, 1.165) is 5.52 Å². The number of nitrogens with zero attached hydrogens (tertiary/aromatic N) is 1. The SMILES string of the molecule is O=C(O)/C=C\C(=O)O.c1cc2ccc3[nH]ncc3c2s1. The molecule has 0 aliphatic carbocycles. The first-order valence-corrected chi connectivity index (χ1v) is 6.39. The molecule has 2 heterocycles. The maximum atomic E-state index is 9.55. The van der Waals surface area contributed by atoms with Gasteiger partial charge in [-0.3, -0.25) is 5.10 Å². The first kappa shape index (κ1) is 13.8. The average molecular weight is 290 g/mol. The Morgan fingerprint density at radius 1 is 1.15 bits per heavy atom. The highest BCUT2D eigenvalue weighted by Crippen LogP contribution is 2.27. The maximum Gasteiger partial charge on any atom is 0.328 e. The molecule has 0 aliphatic rings. The summed E-state index contributed by atoms with van der Waals surface area (Å²) < 4.78 is 1.32. The van der Waals surface area contributed by atoms with Crippen LogP contribution in [-0.2, 0) is 9.59 Å². The first-order valence-electron chi connectivity index (χ1n) is 5.51. The summed E-state index contributed by atoms with van der Waals surface area (Å²) in [5.74, 6) is -2.51. The number of rotatable bonds is 2. The molecular weight excluding hydrogens is 280 g/mol. The van der Waals surface area contributed by atoms with Crippen LogP contribution in [0.4, 0.5) is 0 Å². The molecule has 0 unspecified atom stereocenters. The molecule has 0 atom stereocenters. The second kappa shape index (κ2) is 5.98. The Bertz CT molecular complexity index is 722. The molecule has 3 aromatic rings. The summed E-state index contributed by atoms with van der Waals surface area (Å²) in [6.07, 6.45) is 3.00. The van der Waals surface area contributed by atoms with E-state index in [0.29, 0.717) is 12.2 Å².